The van der Waals surface area contributed by atoms with Crippen LogP contribution in [0.25, 0.3) is 0 Å². The van der Waals surface area contributed by atoms with Gasteiger partial charge in [-0.3, -0.25) is 9.69 Å². The number of carbonyl (C=O) groups excluding carboxylic acids is 1. The predicted molar refractivity (Wildman–Crippen MR) is 55.9 cm³/mol. The summed E-state index contributed by atoms with van der Waals surface area (Å²) in [5.41, 5.74) is 0.604. The van der Waals surface area contributed by atoms with Gasteiger partial charge in [-0.25, -0.2) is 0 Å². The number of amides is 1. The van der Waals surface area contributed by atoms with Gasteiger partial charge >= 0.3 is 0 Å². The number of nitrogens with zero attached hydrogens (tertiary/aromatic N) is 2. The van der Waals surface area contributed by atoms with Crippen LogP contribution in [0.3, 0.4) is 0 Å². The maximum Gasteiger partial charge on any atom is 0.252 e. The third-order valence-corrected chi connectivity index (χ3v) is 3.15. The zero-order chi connectivity index (χ0) is 10.3. The van der Waals surface area contributed by atoms with Gasteiger partial charge < -0.3 is 4.52 Å². The van der Waals surface area contributed by atoms with E-state index < -0.39 is 0 Å². The number of hydrogen-bond acceptors (Lipinski definition) is 3. The van der Waals surface area contributed by atoms with Crippen LogP contribution in [0.15, 0.2) is 4.52 Å². The molecule has 6 heteroatoms. The maximum atomic E-state index is 11.5. The Hall–Kier alpha value is -0.550. The van der Waals surface area contributed by atoms with Crippen LogP contribution in [0.1, 0.15) is 12.1 Å². The minimum Gasteiger partial charge on any atom is -0.336 e. The molecule has 1 aromatic heterocycles. The van der Waals surface area contributed by atoms with Gasteiger partial charge in [0.2, 0.25) is 5.91 Å². The van der Waals surface area contributed by atoms with Gasteiger partial charge in [-0.2, -0.15) is 0 Å². The van der Waals surface area contributed by atoms with Crippen molar-refractivity contribution in [3.05, 3.63) is 10.7 Å². The lowest BCUT2D eigenvalue weighted by molar-refractivity contribution is -0.117. The fourth-order valence-electron chi connectivity index (χ4n) is 1.37. The van der Waals surface area contributed by atoms with Crippen LogP contribution in [0, 0.1) is 6.92 Å². The van der Waals surface area contributed by atoms with Crippen LogP contribution in [-0.4, -0.2) is 22.4 Å². The smallest absolute Gasteiger partial charge is 0.252 e. The molecule has 0 bridgehead atoms. The summed E-state index contributed by atoms with van der Waals surface area (Å²) in [6.45, 7) is 2.31. The van der Waals surface area contributed by atoms with E-state index in [1.54, 1.807) is 6.92 Å². The van der Waals surface area contributed by atoms with Gasteiger partial charge in [0.05, 0.1) is 0 Å². The van der Waals surface area contributed by atoms with Crippen molar-refractivity contribution in [2.45, 2.75) is 18.2 Å². The zero-order valence-corrected chi connectivity index (χ0v) is 9.80. The van der Waals surface area contributed by atoms with E-state index in [0.29, 0.717) is 29.6 Å². The Kier molecular flexibility index (Phi) is 2.53. The Morgan fingerprint density at radius 1 is 1.71 bits per heavy atom. The Balaban J connectivity index is 2.32. The summed E-state index contributed by atoms with van der Waals surface area (Å²) < 4.78 is 5.00. The molecule has 2 heterocycles. The van der Waals surface area contributed by atoms with Gasteiger partial charge in [-0.1, -0.05) is 32.7 Å². The molecule has 0 aromatic carbocycles. The number of aromatic nitrogens is 1. The molecule has 1 unspecified atom stereocenters. The van der Waals surface area contributed by atoms with Crippen molar-refractivity contribution in [1.29, 1.82) is 0 Å². The van der Waals surface area contributed by atoms with E-state index in [0.717, 1.165) is 0 Å². The van der Waals surface area contributed by atoms with Crippen LogP contribution in [-0.2, 0) is 4.79 Å². The highest BCUT2D eigenvalue weighted by atomic mass is 79.9. The summed E-state index contributed by atoms with van der Waals surface area (Å²) in [6.07, 6.45) is 0.468. The summed E-state index contributed by atoms with van der Waals surface area (Å²) in [6, 6.07) is 0. The number of anilines is 1. The van der Waals surface area contributed by atoms with E-state index in [4.69, 9.17) is 16.1 Å². The van der Waals surface area contributed by atoms with Crippen molar-refractivity contribution < 1.29 is 9.32 Å². The van der Waals surface area contributed by atoms with Crippen molar-refractivity contribution in [1.82, 2.24) is 5.16 Å². The lowest BCUT2D eigenvalue weighted by atomic mass is 10.4. The van der Waals surface area contributed by atoms with E-state index in [2.05, 4.69) is 21.1 Å². The maximum absolute atomic E-state index is 11.5. The first kappa shape index (κ1) is 9.98. The molecule has 1 aliphatic heterocycles. The van der Waals surface area contributed by atoms with Crippen molar-refractivity contribution in [2.24, 2.45) is 0 Å². The molecular formula is C8H8BrClN2O2. The predicted octanol–water partition coefficient (Wildman–Crippen LogP) is 2.14. The second kappa shape index (κ2) is 3.55. The van der Waals surface area contributed by atoms with Crippen LogP contribution >= 0.6 is 27.5 Å². The molecule has 1 aliphatic rings. The number of rotatable bonds is 1. The minimum atomic E-state index is 0.00456. The van der Waals surface area contributed by atoms with Gasteiger partial charge in [0.25, 0.3) is 5.88 Å². The van der Waals surface area contributed by atoms with Crippen LogP contribution in [0.4, 0.5) is 5.88 Å². The Labute approximate surface area is 94.3 Å². The van der Waals surface area contributed by atoms with Gasteiger partial charge in [0.15, 0.2) is 0 Å². The highest BCUT2D eigenvalue weighted by Crippen LogP contribution is 2.32. The fraction of sp³-hybridized carbons (Fsp3) is 0.500. The number of carbonyl (C=O) groups is 1. The zero-order valence-electron chi connectivity index (χ0n) is 7.46. The standard InChI is InChI=1S/C8H8BrClN2O2/c1-4-7(10)8(14-11-4)12-3-5(9)2-6(12)13/h5H,2-3H2,1H3. The second-order valence-corrected chi connectivity index (χ2v) is 4.87. The van der Waals surface area contributed by atoms with Crippen LogP contribution in [0.2, 0.25) is 5.02 Å². The summed E-state index contributed by atoms with van der Waals surface area (Å²) in [5.74, 6) is 0.362. The number of halogens is 2. The largest absolute Gasteiger partial charge is 0.336 e. The van der Waals surface area contributed by atoms with Crippen molar-refractivity contribution in [2.75, 3.05) is 11.4 Å². The van der Waals surface area contributed by atoms with E-state index in [1.807, 2.05) is 0 Å². The third kappa shape index (κ3) is 1.54. The molecule has 1 aromatic rings. The van der Waals surface area contributed by atoms with Crippen molar-refractivity contribution in [3.8, 4) is 0 Å². The van der Waals surface area contributed by atoms with E-state index in [9.17, 15) is 4.79 Å². The molecule has 0 saturated carbocycles. The molecule has 1 saturated heterocycles. The van der Waals surface area contributed by atoms with Gasteiger partial charge in [0, 0.05) is 17.8 Å². The molecule has 0 radical (unpaired) electrons. The highest BCUT2D eigenvalue weighted by Gasteiger charge is 2.33. The summed E-state index contributed by atoms with van der Waals surface area (Å²) in [5, 5.41) is 4.12. The highest BCUT2D eigenvalue weighted by molar-refractivity contribution is 9.09. The molecule has 2 rings (SSSR count). The van der Waals surface area contributed by atoms with Crippen LogP contribution in [0.5, 0.6) is 0 Å². The Morgan fingerprint density at radius 2 is 2.43 bits per heavy atom. The molecule has 1 fully saturated rings. The van der Waals surface area contributed by atoms with Gasteiger partial charge in [-0.05, 0) is 6.92 Å². The van der Waals surface area contributed by atoms with Gasteiger partial charge in [-0.15, -0.1) is 0 Å². The van der Waals surface area contributed by atoms with Crippen molar-refractivity contribution >= 4 is 39.3 Å². The topological polar surface area (TPSA) is 46.3 Å². The fourth-order valence-corrected chi connectivity index (χ4v) is 2.11. The molecule has 76 valence electrons. The Bertz CT molecular complexity index is 379. The van der Waals surface area contributed by atoms with E-state index in [1.165, 1.54) is 4.90 Å². The number of alkyl halides is 1. The molecule has 1 atom stereocenters. The summed E-state index contributed by atoms with van der Waals surface area (Å²) in [4.78, 5) is 13.2. The average Bonchev–Trinajstić information content (AvgIpc) is 2.59. The second-order valence-electron chi connectivity index (χ2n) is 3.19. The summed E-state index contributed by atoms with van der Waals surface area (Å²) >= 11 is 9.32. The number of hydrogen-bond donors (Lipinski definition) is 0. The van der Waals surface area contributed by atoms with E-state index in [-0.39, 0.29) is 10.7 Å². The van der Waals surface area contributed by atoms with Crippen molar-refractivity contribution in [3.63, 3.8) is 0 Å². The normalized spacial score (nSPS) is 22.1. The third-order valence-electron chi connectivity index (χ3n) is 2.10. The first-order valence-corrected chi connectivity index (χ1v) is 5.45. The lowest BCUT2D eigenvalue weighted by Crippen LogP contribution is -2.24. The lowest BCUT2D eigenvalue weighted by Gasteiger charge is -2.10. The Morgan fingerprint density at radius 3 is 2.86 bits per heavy atom. The quantitative estimate of drug-likeness (QED) is 0.740. The van der Waals surface area contributed by atoms with Gasteiger partial charge in [0.1, 0.15) is 10.7 Å². The minimum absolute atomic E-state index is 0.00456. The molecule has 0 spiro atoms. The molecule has 0 aliphatic carbocycles. The molecular weight excluding hydrogens is 271 g/mol. The molecule has 1 amide bonds. The first-order chi connectivity index (χ1) is 6.59. The number of aryl methyl sites for hydroxylation is 1. The van der Waals surface area contributed by atoms with E-state index >= 15 is 0 Å². The molecule has 4 nitrogen and oxygen atoms in total. The SMILES string of the molecule is Cc1noc(N2CC(Br)CC2=O)c1Cl. The average molecular weight is 280 g/mol. The molecule has 0 N–H and O–H groups in total. The first-order valence-electron chi connectivity index (χ1n) is 4.16. The van der Waals surface area contributed by atoms with Crippen LogP contribution < -0.4 is 4.90 Å². The molecule has 14 heavy (non-hydrogen) atoms. The summed E-state index contributed by atoms with van der Waals surface area (Å²) in [7, 11) is 0. The monoisotopic (exact) mass is 278 g/mol.